The third-order valence-electron chi connectivity index (χ3n) is 5.29. The van der Waals surface area contributed by atoms with Gasteiger partial charge in [0, 0.05) is 11.1 Å². The molecule has 0 radical (unpaired) electrons. The molecule has 10 nitrogen and oxygen atoms in total. The molecular formula is C20H17Br2ClF3N3O7. The van der Waals surface area contributed by atoms with Gasteiger partial charge in [-0.05, 0) is 52.1 Å². The Morgan fingerprint density at radius 2 is 1.69 bits per heavy atom. The summed E-state index contributed by atoms with van der Waals surface area (Å²) in [6, 6.07) is 5.22. The van der Waals surface area contributed by atoms with Crippen LogP contribution in [0, 0.1) is 5.82 Å². The summed E-state index contributed by atoms with van der Waals surface area (Å²) >= 11 is 12.0. The van der Waals surface area contributed by atoms with E-state index in [0.717, 1.165) is 30.3 Å². The predicted octanol–water partition coefficient (Wildman–Crippen LogP) is 1.70. The Bertz CT molecular complexity index is 1250. The zero-order valence-electron chi connectivity index (χ0n) is 17.9. The van der Waals surface area contributed by atoms with E-state index in [4.69, 9.17) is 11.6 Å². The standard InChI is InChI=1S/C19H14BrClF3N3O7.CH3Br/c20-13-8(15(28)9-5-7(22)1-3-10(9)21)2-4-11-14(13)27-16(26(11)6-12(23)24)25-18(31,32)17(29,30)19(27,33)34;1-2/h1-5,12,29-34H,6H2;1H3. The average molecular weight is 664 g/mol. The zero-order chi connectivity index (χ0) is 27.4. The summed E-state index contributed by atoms with van der Waals surface area (Å²) in [5.41, 5.74) is -1.24. The van der Waals surface area contributed by atoms with Gasteiger partial charge in [-0.15, -0.1) is 0 Å². The highest BCUT2D eigenvalue weighted by atomic mass is 79.9. The van der Waals surface area contributed by atoms with Gasteiger partial charge in [-0.3, -0.25) is 9.69 Å². The second-order valence-electron chi connectivity index (χ2n) is 7.44. The van der Waals surface area contributed by atoms with Gasteiger partial charge in [0.25, 0.3) is 6.43 Å². The number of aliphatic imine (C=N–C) groups is 1. The number of carbonyl (C=O) groups excluding carboxylic acids is 1. The third-order valence-corrected chi connectivity index (χ3v) is 6.42. The van der Waals surface area contributed by atoms with Crippen LogP contribution < -0.4 is 9.80 Å². The predicted molar refractivity (Wildman–Crippen MR) is 129 cm³/mol. The van der Waals surface area contributed by atoms with Crippen molar-refractivity contribution in [2.45, 2.75) is 24.0 Å². The lowest BCUT2D eigenvalue weighted by molar-refractivity contribution is -0.450. The molecule has 0 unspecified atom stereocenters. The Kier molecular flexibility index (Phi) is 7.83. The largest absolute Gasteiger partial charge is 0.354 e. The van der Waals surface area contributed by atoms with Gasteiger partial charge in [0.2, 0.25) is 5.96 Å². The van der Waals surface area contributed by atoms with Crippen LogP contribution in [0.25, 0.3) is 0 Å². The number of hydrogen-bond acceptors (Lipinski definition) is 10. The van der Waals surface area contributed by atoms with E-state index < -0.39 is 53.8 Å². The fourth-order valence-electron chi connectivity index (χ4n) is 3.63. The summed E-state index contributed by atoms with van der Waals surface area (Å²) < 4.78 is 40.0. The van der Waals surface area contributed by atoms with Crippen LogP contribution >= 0.6 is 43.5 Å². The quantitative estimate of drug-likeness (QED) is 0.163. The Morgan fingerprint density at radius 1 is 1.08 bits per heavy atom. The molecule has 196 valence electrons. The van der Waals surface area contributed by atoms with Crippen LogP contribution in [-0.4, -0.2) is 78.8 Å². The SMILES string of the molecule is CBr.O=C(c1cc(F)ccc1Cl)c1ccc2c(c1Br)N1C(=NC(O)(O)C(O)(O)C1(O)O)N2CC(F)F. The first kappa shape index (κ1) is 28.7. The van der Waals surface area contributed by atoms with Crippen molar-refractivity contribution >= 4 is 66.6 Å². The van der Waals surface area contributed by atoms with Crippen molar-refractivity contribution in [3.8, 4) is 0 Å². The molecule has 0 spiro atoms. The molecule has 0 amide bonds. The number of rotatable bonds is 4. The lowest BCUT2D eigenvalue weighted by atomic mass is 10.0. The monoisotopic (exact) mass is 661 g/mol. The number of carbonyl (C=O) groups is 1. The van der Waals surface area contributed by atoms with Crippen LogP contribution in [0.3, 0.4) is 0 Å². The second kappa shape index (κ2) is 9.81. The Morgan fingerprint density at radius 3 is 2.28 bits per heavy atom. The summed E-state index contributed by atoms with van der Waals surface area (Å²) in [4.78, 5) is 17.2. The maximum atomic E-state index is 13.7. The summed E-state index contributed by atoms with van der Waals surface area (Å²) in [5, 5.41) is 61.0. The van der Waals surface area contributed by atoms with Gasteiger partial charge in [-0.2, -0.15) is 4.99 Å². The first-order chi connectivity index (χ1) is 16.6. The fourth-order valence-corrected chi connectivity index (χ4v) is 4.52. The molecule has 2 aliphatic heterocycles. The molecule has 2 aromatic carbocycles. The molecule has 2 heterocycles. The topological polar surface area (TPSA) is 157 Å². The number of aliphatic hydroxyl groups is 6. The minimum absolute atomic E-state index is 0.118. The van der Waals surface area contributed by atoms with E-state index in [1.807, 2.05) is 5.83 Å². The molecule has 36 heavy (non-hydrogen) atoms. The molecule has 0 aromatic heterocycles. The van der Waals surface area contributed by atoms with Crippen LogP contribution in [0.2, 0.25) is 5.02 Å². The molecule has 4 rings (SSSR count). The fraction of sp³-hybridized carbons (Fsp3) is 0.300. The maximum Gasteiger partial charge on any atom is 0.332 e. The Hall–Kier alpha value is -1.82. The summed E-state index contributed by atoms with van der Waals surface area (Å²) in [6.45, 7) is -1.15. The third kappa shape index (κ3) is 4.31. The van der Waals surface area contributed by atoms with Crippen LogP contribution in [0.1, 0.15) is 15.9 Å². The van der Waals surface area contributed by atoms with E-state index in [1.54, 1.807) is 0 Å². The van der Waals surface area contributed by atoms with Crippen LogP contribution in [0.15, 0.2) is 39.8 Å². The van der Waals surface area contributed by atoms with Gasteiger partial charge < -0.3 is 35.5 Å². The molecule has 0 aliphatic carbocycles. The highest BCUT2D eigenvalue weighted by molar-refractivity contribution is 9.10. The molecule has 0 bridgehead atoms. The van der Waals surface area contributed by atoms with Crippen molar-refractivity contribution in [3.63, 3.8) is 0 Å². The highest BCUT2D eigenvalue weighted by Crippen LogP contribution is 2.51. The molecule has 0 fully saturated rings. The number of hydrogen-bond donors (Lipinski definition) is 6. The number of anilines is 2. The number of benzene rings is 2. The van der Waals surface area contributed by atoms with Crippen molar-refractivity contribution in [3.05, 3.63) is 56.8 Å². The van der Waals surface area contributed by atoms with Crippen LogP contribution in [0.4, 0.5) is 24.5 Å². The number of nitrogens with zero attached hydrogens (tertiary/aromatic N) is 3. The summed E-state index contributed by atoms with van der Waals surface area (Å²) in [5.74, 6) is -12.8. The minimum Gasteiger partial charge on any atom is -0.354 e. The summed E-state index contributed by atoms with van der Waals surface area (Å²) in [7, 11) is 0. The van der Waals surface area contributed by atoms with Crippen molar-refractivity contribution in [2.24, 2.45) is 4.99 Å². The highest BCUT2D eigenvalue weighted by Gasteiger charge is 2.71. The van der Waals surface area contributed by atoms with Crippen LogP contribution in [0.5, 0.6) is 0 Å². The number of fused-ring (bicyclic) bond motifs is 3. The van der Waals surface area contributed by atoms with Crippen LogP contribution in [-0.2, 0) is 0 Å². The van der Waals surface area contributed by atoms with E-state index in [1.165, 1.54) is 0 Å². The van der Waals surface area contributed by atoms with E-state index in [9.17, 15) is 48.6 Å². The number of halogens is 6. The molecule has 0 saturated carbocycles. The first-order valence-corrected chi connectivity index (χ1v) is 12.4. The smallest absolute Gasteiger partial charge is 0.332 e. The molecular weight excluding hydrogens is 646 g/mol. The van der Waals surface area contributed by atoms with E-state index in [-0.39, 0.29) is 31.2 Å². The summed E-state index contributed by atoms with van der Waals surface area (Å²) in [6.07, 6.45) is -3.05. The minimum atomic E-state index is -4.16. The van der Waals surface area contributed by atoms with Crippen molar-refractivity contribution < 1.29 is 48.6 Å². The number of alkyl halides is 3. The van der Waals surface area contributed by atoms with E-state index >= 15 is 0 Å². The van der Waals surface area contributed by atoms with Gasteiger partial charge in [0.1, 0.15) is 5.82 Å². The number of ketones is 1. The van der Waals surface area contributed by atoms with Crippen molar-refractivity contribution in [2.75, 3.05) is 22.2 Å². The first-order valence-electron chi connectivity index (χ1n) is 9.62. The molecule has 2 aromatic rings. The van der Waals surface area contributed by atoms with Gasteiger partial charge in [0.15, 0.2) is 5.78 Å². The molecule has 0 atom stereocenters. The van der Waals surface area contributed by atoms with Gasteiger partial charge in [0.05, 0.1) is 27.4 Å². The van der Waals surface area contributed by atoms with Gasteiger partial charge in [-0.25, -0.2) is 13.2 Å². The van der Waals surface area contributed by atoms with Crippen molar-refractivity contribution in [1.29, 1.82) is 0 Å². The molecule has 6 N–H and O–H groups in total. The van der Waals surface area contributed by atoms with E-state index in [0.29, 0.717) is 4.90 Å². The zero-order valence-corrected chi connectivity index (χ0v) is 21.8. The second-order valence-corrected chi connectivity index (χ2v) is 8.64. The lowest BCUT2D eigenvalue weighted by Crippen LogP contribution is -2.78. The molecule has 0 saturated heterocycles. The normalized spacial score (nSPS) is 18.8. The van der Waals surface area contributed by atoms with Gasteiger partial charge in [-0.1, -0.05) is 27.5 Å². The maximum absolute atomic E-state index is 13.7. The van der Waals surface area contributed by atoms with Crippen molar-refractivity contribution in [1.82, 2.24) is 0 Å². The Labute approximate surface area is 222 Å². The van der Waals surface area contributed by atoms with E-state index in [2.05, 4.69) is 36.9 Å². The van der Waals surface area contributed by atoms with Gasteiger partial charge >= 0.3 is 17.6 Å². The Balaban J connectivity index is 0.00000176. The lowest BCUT2D eigenvalue weighted by Gasteiger charge is -2.48. The average Bonchev–Trinajstić information content (AvgIpc) is 3.09. The number of guanidine groups is 1. The molecule has 16 heteroatoms. The molecule has 2 aliphatic rings.